The molecule has 4 aromatic rings. The van der Waals surface area contributed by atoms with E-state index in [4.69, 9.17) is 15.8 Å². The fraction of sp³-hybridized carbons (Fsp3) is 0.211. The average molecular weight is 309 g/mol. The minimum absolute atomic E-state index is 0.250. The number of nitrogen functional groups attached to an aromatic ring is 1. The quantitative estimate of drug-likeness (QED) is 0.448. The number of aliphatic hydroxyl groups excluding tert-OH is 1. The molecule has 0 bridgehead atoms. The number of H-pyrrole nitrogens is 1. The molecule has 0 fully saturated rings. The van der Waals surface area contributed by atoms with Crippen LogP contribution in [0.4, 0.5) is 5.69 Å². The van der Waals surface area contributed by atoms with Crippen molar-refractivity contribution in [1.29, 1.82) is 0 Å². The van der Waals surface area contributed by atoms with Gasteiger partial charge in [0.25, 0.3) is 0 Å². The lowest BCUT2D eigenvalue weighted by molar-refractivity contribution is 0.318. The molecule has 0 saturated heterocycles. The summed E-state index contributed by atoms with van der Waals surface area (Å²) in [6.45, 7) is 5.93. The molecule has 0 aliphatic rings. The molecule has 23 heavy (non-hydrogen) atoms. The highest BCUT2D eigenvalue weighted by molar-refractivity contribution is 6.14. The Balaban J connectivity index is 0.000000348. The van der Waals surface area contributed by atoms with E-state index < -0.39 is 0 Å². The number of benzene rings is 2. The Morgan fingerprint density at radius 2 is 1.57 bits per heavy atom. The Kier molecular flexibility index (Phi) is 5.55. The SMILES string of the molecule is CC.CCO.Nc1c2ccccc2nc2c1[nH]c1ccccc12. The first-order valence-electron chi connectivity index (χ1n) is 7.91. The van der Waals surface area contributed by atoms with Gasteiger partial charge >= 0.3 is 0 Å². The van der Waals surface area contributed by atoms with Crippen molar-refractivity contribution in [3.8, 4) is 0 Å². The highest BCUT2D eigenvalue weighted by atomic mass is 16.2. The van der Waals surface area contributed by atoms with Crippen molar-refractivity contribution in [3.05, 3.63) is 48.5 Å². The lowest BCUT2D eigenvalue weighted by Crippen LogP contribution is -1.91. The summed E-state index contributed by atoms with van der Waals surface area (Å²) in [6, 6.07) is 16.1. The van der Waals surface area contributed by atoms with Crippen LogP contribution in [0.1, 0.15) is 20.8 Å². The number of aromatic amines is 1. The number of nitrogens with one attached hydrogen (secondary N) is 1. The molecule has 2 aromatic carbocycles. The van der Waals surface area contributed by atoms with Gasteiger partial charge in [-0.3, -0.25) is 0 Å². The summed E-state index contributed by atoms with van der Waals surface area (Å²) < 4.78 is 0. The topological polar surface area (TPSA) is 74.9 Å². The third-order valence-corrected chi connectivity index (χ3v) is 3.37. The number of nitrogens with two attached hydrogens (primary N) is 1. The molecule has 0 amide bonds. The predicted molar refractivity (Wildman–Crippen MR) is 99.6 cm³/mol. The minimum Gasteiger partial charge on any atom is -0.397 e. The van der Waals surface area contributed by atoms with Crippen molar-refractivity contribution >= 4 is 38.5 Å². The average Bonchev–Trinajstić information content (AvgIpc) is 2.97. The smallest absolute Gasteiger partial charge is 0.0986 e. The Morgan fingerprint density at radius 1 is 1.00 bits per heavy atom. The van der Waals surface area contributed by atoms with E-state index in [0.717, 1.165) is 38.5 Å². The van der Waals surface area contributed by atoms with E-state index in [2.05, 4.69) is 11.1 Å². The Labute approximate surface area is 136 Å². The van der Waals surface area contributed by atoms with Gasteiger partial charge in [-0.2, -0.15) is 0 Å². The second kappa shape index (κ2) is 7.61. The summed E-state index contributed by atoms with van der Waals surface area (Å²) in [5.74, 6) is 0. The van der Waals surface area contributed by atoms with Gasteiger partial charge in [-0.05, 0) is 19.1 Å². The van der Waals surface area contributed by atoms with Gasteiger partial charge in [-0.15, -0.1) is 0 Å². The van der Waals surface area contributed by atoms with Gasteiger partial charge in [0.05, 0.1) is 22.2 Å². The lowest BCUT2D eigenvalue weighted by Gasteiger charge is -2.02. The van der Waals surface area contributed by atoms with E-state index >= 15 is 0 Å². The summed E-state index contributed by atoms with van der Waals surface area (Å²) >= 11 is 0. The molecule has 4 heteroatoms. The van der Waals surface area contributed by atoms with Gasteiger partial charge < -0.3 is 15.8 Å². The molecule has 120 valence electrons. The third kappa shape index (κ3) is 3.12. The summed E-state index contributed by atoms with van der Waals surface area (Å²) in [7, 11) is 0. The largest absolute Gasteiger partial charge is 0.397 e. The fourth-order valence-electron chi connectivity index (χ4n) is 2.49. The first kappa shape index (κ1) is 16.8. The van der Waals surface area contributed by atoms with E-state index in [1.165, 1.54) is 0 Å². The zero-order valence-corrected chi connectivity index (χ0v) is 13.8. The van der Waals surface area contributed by atoms with Gasteiger partial charge in [0.2, 0.25) is 0 Å². The molecule has 0 saturated carbocycles. The molecule has 4 nitrogen and oxygen atoms in total. The van der Waals surface area contributed by atoms with Crippen LogP contribution < -0.4 is 5.73 Å². The monoisotopic (exact) mass is 309 g/mol. The van der Waals surface area contributed by atoms with Crippen LogP contribution in [0.15, 0.2) is 48.5 Å². The van der Waals surface area contributed by atoms with Crippen LogP contribution in [0, 0.1) is 0 Å². The number of fused-ring (bicyclic) bond motifs is 4. The third-order valence-electron chi connectivity index (χ3n) is 3.37. The number of aromatic nitrogens is 2. The maximum Gasteiger partial charge on any atom is 0.0986 e. The summed E-state index contributed by atoms with van der Waals surface area (Å²) in [6.07, 6.45) is 0. The lowest BCUT2D eigenvalue weighted by atomic mass is 10.1. The second-order valence-corrected chi connectivity index (χ2v) is 4.75. The molecule has 0 atom stereocenters. The van der Waals surface area contributed by atoms with E-state index in [1.54, 1.807) is 6.92 Å². The fourth-order valence-corrected chi connectivity index (χ4v) is 2.49. The van der Waals surface area contributed by atoms with Crippen LogP contribution in [-0.4, -0.2) is 21.7 Å². The Hall–Kier alpha value is -2.59. The summed E-state index contributed by atoms with van der Waals surface area (Å²) in [4.78, 5) is 8.07. The molecule has 0 aliphatic carbocycles. The highest BCUT2D eigenvalue weighted by Gasteiger charge is 2.10. The van der Waals surface area contributed by atoms with Crippen molar-refractivity contribution in [2.24, 2.45) is 0 Å². The first-order valence-corrected chi connectivity index (χ1v) is 7.91. The maximum absolute atomic E-state index is 7.57. The number of aliphatic hydroxyl groups is 1. The molecule has 2 aromatic heterocycles. The van der Waals surface area contributed by atoms with Crippen LogP contribution in [0.2, 0.25) is 0 Å². The summed E-state index contributed by atoms with van der Waals surface area (Å²) in [5, 5.41) is 9.68. The van der Waals surface area contributed by atoms with Gasteiger partial charge in [-0.1, -0.05) is 50.2 Å². The number of anilines is 1. The number of hydrogen-bond acceptors (Lipinski definition) is 3. The van der Waals surface area contributed by atoms with E-state index in [0.29, 0.717) is 0 Å². The second-order valence-electron chi connectivity index (χ2n) is 4.75. The van der Waals surface area contributed by atoms with Gasteiger partial charge in [0.1, 0.15) is 0 Å². The molecule has 4 rings (SSSR count). The van der Waals surface area contributed by atoms with Crippen molar-refractivity contribution < 1.29 is 5.11 Å². The predicted octanol–water partition coefficient (Wildman–Crippen LogP) is 4.48. The molecule has 0 unspecified atom stereocenters. The zero-order valence-electron chi connectivity index (χ0n) is 13.8. The Morgan fingerprint density at radius 3 is 2.26 bits per heavy atom. The van der Waals surface area contributed by atoms with Gasteiger partial charge in [0.15, 0.2) is 0 Å². The number of rotatable bonds is 0. The molecule has 0 radical (unpaired) electrons. The van der Waals surface area contributed by atoms with Gasteiger partial charge in [0, 0.05) is 22.9 Å². The van der Waals surface area contributed by atoms with Crippen LogP contribution in [-0.2, 0) is 0 Å². The number of hydrogen-bond donors (Lipinski definition) is 3. The maximum atomic E-state index is 7.57. The number of pyridine rings is 1. The zero-order chi connectivity index (χ0) is 16.8. The summed E-state index contributed by atoms with van der Waals surface area (Å²) in [5.41, 5.74) is 10.9. The molecular formula is C19H23N3O. The minimum atomic E-state index is 0.250. The van der Waals surface area contributed by atoms with Gasteiger partial charge in [-0.25, -0.2) is 4.98 Å². The molecule has 2 heterocycles. The molecular weight excluding hydrogens is 286 g/mol. The number of para-hydroxylation sites is 2. The standard InChI is InChI=1S/C15H11N3.C2H6O.C2H6/c16-13-9-5-1-3-7-11(9)17-14-10-6-2-4-8-12(10)18-15(13)14;1-2-3;1-2/h1-8,18H,(H2,16,17);3H,2H2,1H3;1-2H3. The first-order chi connectivity index (χ1) is 11.3. The van der Waals surface area contributed by atoms with E-state index in [1.807, 2.05) is 56.3 Å². The molecule has 0 spiro atoms. The number of nitrogens with zero attached hydrogens (tertiary/aromatic N) is 1. The van der Waals surface area contributed by atoms with Crippen molar-refractivity contribution in [1.82, 2.24) is 9.97 Å². The van der Waals surface area contributed by atoms with Crippen molar-refractivity contribution in [2.45, 2.75) is 20.8 Å². The van der Waals surface area contributed by atoms with Crippen molar-refractivity contribution in [2.75, 3.05) is 12.3 Å². The highest BCUT2D eigenvalue weighted by Crippen LogP contribution is 2.32. The Bertz CT molecular complexity index is 912. The van der Waals surface area contributed by atoms with E-state index in [9.17, 15) is 0 Å². The van der Waals surface area contributed by atoms with Crippen molar-refractivity contribution in [3.63, 3.8) is 0 Å². The van der Waals surface area contributed by atoms with Crippen LogP contribution in [0.5, 0.6) is 0 Å². The molecule has 4 N–H and O–H groups in total. The van der Waals surface area contributed by atoms with E-state index in [-0.39, 0.29) is 6.61 Å². The van der Waals surface area contributed by atoms with Crippen LogP contribution in [0.25, 0.3) is 32.8 Å². The normalized spacial score (nSPS) is 10.1. The molecule has 0 aliphatic heterocycles. The van der Waals surface area contributed by atoms with Crippen LogP contribution in [0.3, 0.4) is 0 Å². The van der Waals surface area contributed by atoms with Crippen LogP contribution >= 0.6 is 0 Å².